The number of halogens is 3. The van der Waals surface area contributed by atoms with Crippen LogP contribution in [0.5, 0.6) is 0 Å². The van der Waals surface area contributed by atoms with Gasteiger partial charge in [-0.3, -0.25) is 0 Å². The smallest absolute Gasteiger partial charge is 0.420 e. The topological polar surface area (TPSA) is 39.4 Å². The van der Waals surface area contributed by atoms with E-state index in [1.807, 2.05) is 0 Å². The summed E-state index contributed by atoms with van der Waals surface area (Å²) in [6, 6.07) is 2.83. The minimum Gasteiger partial charge on any atom is -0.460 e. The fourth-order valence-corrected chi connectivity index (χ4v) is 2.59. The van der Waals surface area contributed by atoms with Crippen LogP contribution in [0.1, 0.15) is 52.9 Å². The second-order valence-corrected chi connectivity index (χ2v) is 5.49. The number of alkyl halides is 3. The first-order valence-electron chi connectivity index (χ1n) is 7.14. The van der Waals surface area contributed by atoms with Crippen LogP contribution in [0.15, 0.2) is 16.5 Å². The van der Waals surface area contributed by atoms with Gasteiger partial charge in [0.2, 0.25) is 5.76 Å². The van der Waals surface area contributed by atoms with Crippen molar-refractivity contribution >= 4 is 16.9 Å². The van der Waals surface area contributed by atoms with E-state index in [-0.39, 0.29) is 23.9 Å². The van der Waals surface area contributed by atoms with Gasteiger partial charge >= 0.3 is 12.1 Å². The van der Waals surface area contributed by atoms with Gasteiger partial charge in [-0.1, -0.05) is 0 Å². The van der Waals surface area contributed by atoms with Crippen LogP contribution >= 0.6 is 0 Å². The van der Waals surface area contributed by atoms with E-state index in [0.29, 0.717) is 16.5 Å². The predicted octanol–water partition coefficient (Wildman–Crippen LogP) is 4.81. The molecular weight excluding hydrogens is 297 g/mol. The summed E-state index contributed by atoms with van der Waals surface area (Å²) in [5, 5.41) is 0.333. The number of hydrogen-bond acceptors (Lipinski definition) is 3. The van der Waals surface area contributed by atoms with Crippen LogP contribution in [-0.4, -0.2) is 12.6 Å². The van der Waals surface area contributed by atoms with E-state index in [1.54, 1.807) is 19.9 Å². The van der Waals surface area contributed by atoms with Crippen molar-refractivity contribution in [2.24, 2.45) is 0 Å². The monoisotopic (exact) mass is 312 g/mol. The van der Waals surface area contributed by atoms with Crippen molar-refractivity contribution < 1.29 is 27.1 Å². The van der Waals surface area contributed by atoms with Gasteiger partial charge in [0.05, 0.1) is 12.2 Å². The normalized spacial score (nSPS) is 15.3. The van der Waals surface area contributed by atoms with Gasteiger partial charge in [0.1, 0.15) is 5.58 Å². The fraction of sp³-hybridized carbons (Fsp3) is 0.438. The number of carbonyl (C=O) groups is 1. The SMILES string of the molecule is CCOC(=O)c1oc2c(C(F)(F)F)cc(C3CC3)cc2c1C. The van der Waals surface area contributed by atoms with Crippen molar-refractivity contribution in [1.29, 1.82) is 0 Å². The molecule has 1 fully saturated rings. The lowest BCUT2D eigenvalue weighted by Gasteiger charge is -2.09. The van der Waals surface area contributed by atoms with Gasteiger partial charge in [-0.05, 0) is 50.3 Å². The summed E-state index contributed by atoms with van der Waals surface area (Å²) in [5.74, 6) is -0.724. The molecule has 2 aromatic rings. The van der Waals surface area contributed by atoms with Crippen LogP contribution in [0.4, 0.5) is 13.2 Å². The van der Waals surface area contributed by atoms with Crippen LogP contribution in [0.25, 0.3) is 11.0 Å². The first-order valence-corrected chi connectivity index (χ1v) is 7.14. The summed E-state index contributed by atoms with van der Waals surface area (Å²) in [6.07, 6.45) is -2.74. The summed E-state index contributed by atoms with van der Waals surface area (Å²) in [7, 11) is 0. The number of carbonyl (C=O) groups excluding carboxylic acids is 1. The molecule has 0 spiro atoms. The van der Waals surface area contributed by atoms with Crippen LogP contribution in [0.3, 0.4) is 0 Å². The fourth-order valence-electron chi connectivity index (χ4n) is 2.59. The van der Waals surface area contributed by atoms with Crippen molar-refractivity contribution in [2.75, 3.05) is 6.61 Å². The Kier molecular flexibility index (Phi) is 3.42. The molecule has 0 amide bonds. The molecule has 1 saturated carbocycles. The minimum atomic E-state index is -4.53. The Labute approximate surface area is 125 Å². The molecule has 3 nitrogen and oxygen atoms in total. The number of ether oxygens (including phenoxy) is 1. The van der Waals surface area contributed by atoms with Crippen molar-refractivity contribution in [3.63, 3.8) is 0 Å². The highest BCUT2D eigenvalue weighted by atomic mass is 19.4. The Bertz CT molecular complexity index is 739. The molecule has 0 unspecified atom stereocenters. The molecule has 6 heteroatoms. The Balaban J connectivity index is 2.23. The zero-order valence-corrected chi connectivity index (χ0v) is 12.2. The van der Waals surface area contributed by atoms with E-state index >= 15 is 0 Å². The third kappa shape index (κ3) is 2.46. The molecule has 1 aromatic carbocycles. The van der Waals surface area contributed by atoms with Gasteiger partial charge in [-0.15, -0.1) is 0 Å². The lowest BCUT2D eigenvalue weighted by molar-refractivity contribution is -0.136. The highest BCUT2D eigenvalue weighted by Gasteiger charge is 2.38. The first kappa shape index (κ1) is 14.9. The molecule has 1 heterocycles. The number of fused-ring (bicyclic) bond motifs is 1. The molecule has 0 aliphatic heterocycles. The van der Waals surface area contributed by atoms with Crippen molar-refractivity contribution in [1.82, 2.24) is 0 Å². The van der Waals surface area contributed by atoms with E-state index in [2.05, 4.69) is 0 Å². The Morgan fingerprint density at radius 3 is 2.59 bits per heavy atom. The highest BCUT2D eigenvalue weighted by molar-refractivity contribution is 5.97. The molecule has 1 aliphatic rings. The molecule has 1 aliphatic carbocycles. The van der Waals surface area contributed by atoms with Crippen LogP contribution in [-0.2, 0) is 10.9 Å². The van der Waals surface area contributed by atoms with Crippen LogP contribution in [0.2, 0.25) is 0 Å². The lowest BCUT2D eigenvalue weighted by Crippen LogP contribution is -2.06. The summed E-state index contributed by atoms with van der Waals surface area (Å²) < 4.78 is 50.0. The van der Waals surface area contributed by atoms with E-state index in [9.17, 15) is 18.0 Å². The third-order valence-corrected chi connectivity index (χ3v) is 3.87. The van der Waals surface area contributed by atoms with Crippen molar-refractivity contribution in [3.8, 4) is 0 Å². The summed E-state index contributed by atoms with van der Waals surface area (Å²) in [4.78, 5) is 11.8. The maximum atomic E-state index is 13.3. The molecular formula is C16H15F3O3. The van der Waals surface area contributed by atoms with E-state index in [4.69, 9.17) is 9.15 Å². The zero-order chi connectivity index (χ0) is 16.1. The number of furan rings is 1. The predicted molar refractivity (Wildman–Crippen MR) is 73.9 cm³/mol. The average Bonchev–Trinajstić information content (AvgIpc) is 3.22. The second-order valence-electron chi connectivity index (χ2n) is 5.49. The molecule has 118 valence electrons. The Morgan fingerprint density at radius 2 is 2.05 bits per heavy atom. The van der Waals surface area contributed by atoms with E-state index in [1.165, 1.54) is 0 Å². The number of rotatable bonds is 3. The number of esters is 1. The van der Waals surface area contributed by atoms with Gasteiger partial charge < -0.3 is 9.15 Å². The number of benzene rings is 1. The molecule has 0 radical (unpaired) electrons. The molecule has 0 bridgehead atoms. The summed E-state index contributed by atoms with van der Waals surface area (Å²) >= 11 is 0. The zero-order valence-electron chi connectivity index (χ0n) is 12.2. The Morgan fingerprint density at radius 1 is 1.36 bits per heavy atom. The lowest BCUT2D eigenvalue weighted by atomic mass is 10.0. The largest absolute Gasteiger partial charge is 0.460 e. The van der Waals surface area contributed by atoms with E-state index in [0.717, 1.165) is 18.9 Å². The van der Waals surface area contributed by atoms with Gasteiger partial charge in [0.15, 0.2) is 0 Å². The summed E-state index contributed by atoms with van der Waals surface area (Å²) in [5.41, 5.74) is -0.0800. The maximum absolute atomic E-state index is 13.3. The maximum Gasteiger partial charge on any atom is 0.420 e. The van der Waals surface area contributed by atoms with Gasteiger partial charge in [-0.2, -0.15) is 13.2 Å². The molecule has 0 N–H and O–H groups in total. The van der Waals surface area contributed by atoms with Crippen molar-refractivity contribution in [2.45, 2.75) is 38.8 Å². The van der Waals surface area contributed by atoms with Gasteiger partial charge in [-0.25, -0.2) is 4.79 Å². The van der Waals surface area contributed by atoms with Crippen LogP contribution in [0, 0.1) is 6.92 Å². The van der Waals surface area contributed by atoms with Gasteiger partial charge in [0.25, 0.3) is 0 Å². The van der Waals surface area contributed by atoms with Crippen LogP contribution < -0.4 is 0 Å². The third-order valence-electron chi connectivity index (χ3n) is 3.87. The summed E-state index contributed by atoms with van der Waals surface area (Å²) in [6.45, 7) is 3.34. The molecule has 22 heavy (non-hydrogen) atoms. The van der Waals surface area contributed by atoms with E-state index < -0.39 is 17.7 Å². The highest BCUT2D eigenvalue weighted by Crippen LogP contribution is 2.45. The molecule has 3 rings (SSSR count). The first-order chi connectivity index (χ1) is 10.3. The number of aryl methyl sites for hydroxylation is 1. The minimum absolute atomic E-state index is 0.134. The molecule has 0 atom stereocenters. The van der Waals surface area contributed by atoms with Gasteiger partial charge in [0, 0.05) is 10.9 Å². The molecule has 1 aromatic heterocycles. The number of hydrogen-bond donors (Lipinski definition) is 0. The standard InChI is InChI=1S/C16H15F3O3/c1-3-21-15(20)13-8(2)11-6-10(9-4-5-9)7-12(14(11)22-13)16(17,18)19/h6-7,9H,3-5H2,1-2H3. The second kappa shape index (κ2) is 5.04. The molecule has 0 saturated heterocycles. The quantitative estimate of drug-likeness (QED) is 0.763. The van der Waals surface area contributed by atoms with Crippen molar-refractivity contribution in [3.05, 3.63) is 34.6 Å². The average molecular weight is 312 g/mol. The Hall–Kier alpha value is -1.98.